The average molecular weight is 378 g/mol. The molecule has 7 nitrogen and oxygen atoms in total. The molecular weight excluding hydrogens is 358 g/mol. The number of hydrogen-bond acceptors (Lipinski definition) is 5. The van der Waals surface area contributed by atoms with Crippen molar-refractivity contribution in [1.82, 2.24) is 15.0 Å². The van der Waals surface area contributed by atoms with Crippen LogP contribution in [0.2, 0.25) is 0 Å². The van der Waals surface area contributed by atoms with Crippen LogP contribution in [-0.2, 0) is 4.79 Å². The van der Waals surface area contributed by atoms with Crippen LogP contribution in [0, 0.1) is 11.6 Å². The molecule has 0 unspecified atom stereocenters. The van der Waals surface area contributed by atoms with Gasteiger partial charge in [-0.2, -0.15) is 0 Å². The minimum absolute atomic E-state index is 0.222. The summed E-state index contributed by atoms with van der Waals surface area (Å²) in [4.78, 5) is 28.4. The van der Waals surface area contributed by atoms with E-state index in [0.717, 1.165) is 38.1 Å². The number of nitrogens with zero attached hydrogens (tertiary/aromatic N) is 3. The molecule has 27 heavy (non-hydrogen) atoms. The van der Waals surface area contributed by atoms with E-state index in [1.54, 1.807) is 0 Å². The Hall–Kier alpha value is -2.81. The van der Waals surface area contributed by atoms with Crippen LogP contribution in [0.5, 0.6) is 0 Å². The highest BCUT2D eigenvalue weighted by molar-refractivity contribution is 5.99. The van der Waals surface area contributed by atoms with Crippen LogP contribution < -0.4 is 5.32 Å². The van der Waals surface area contributed by atoms with E-state index in [1.165, 1.54) is 17.2 Å². The number of anilines is 1. The Labute approximate surface area is 154 Å². The zero-order valence-corrected chi connectivity index (χ0v) is 14.7. The van der Waals surface area contributed by atoms with E-state index >= 15 is 0 Å². The van der Waals surface area contributed by atoms with Gasteiger partial charge in [0.15, 0.2) is 5.82 Å². The summed E-state index contributed by atoms with van der Waals surface area (Å²) >= 11 is 0. The van der Waals surface area contributed by atoms with E-state index in [0.29, 0.717) is 12.6 Å². The van der Waals surface area contributed by atoms with Gasteiger partial charge in [0.2, 0.25) is 5.91 Å². The summed E-state index contributed by atoms with van der Waals surface area (Å²) in [6.45, 7) is 2.40. The molecule has 3 rings (SSSR count). The second-order valence-electron chi connectivity index (χ2n) is 6.33. The summed E-state index contributed by atoms with van der Waals surface area (Å²) < 4.78 is 31.8. The monoisotopic (exact) mass is 378 g/mol. The van der Waals surface area contributed by atoms with Crippen molar-refractivity contribution in [2.24, 2.45) is 0 Å². The van der Waals surface area contributed by atoms with Crippen molar-refractivity contribution in [3.8, 4) is 0 Å². The number of hydrogen-bond donors (Lipinski definition) is 1. The van der Waals surface area contributed by atoms with E-state index < -0.39 is 23.4 Å². The van der Waals surface area contributed by atoms with Crippen molar-refractivity contribution >= 4 is 17.6 Å². The second-order valence-corrected chi connectivity index (χ2v) is 6.33. The molecule has 0 bridgehead atoms. The lowest BCUT2D eigenvalue weighted by molar-refractivity contribution is -0.117. The summed E-state index contributed by atoms with van der Waals surface area (Å²) in [5, 5.41) is 6.08. The fraction of sp³-hybridized carbons (Fsp3) is 0.389. The summed E-state index contributed by atoms with van der Waals surface area (Å²) in [5.74, 6) is -2.65. The minimum Gasteiger partial charge on any atom is -0.363 e. The Kier molecular flexibility index (Phi) is 6.12. The number of aromatic nitrogens is 1. The van der Waals surface area contributed by atoms with E-state index in [1.807, 2.05) is 0 Å². The fourth-order valence-electron chi connectivity index (χ4n) is 2.99. The molecule has 2 heterocycles. The first-order valence-corrected chi connectivity index (χ1v) is 8.70. The normalized spacial score (nSPS) is 14.3. The lowest BCUT2D eigenvalue weighted by Crippen LogP contribution is -2.42. The van der Waals surface area contributed by atoms with Crippen molar-refractivity contribution in [3.63, 3.8) is 0 Å². The molecule has 1 aliphatic rings. The van der Waals surface area contributed by atoms with Gasteiger partial charge in [-0.25, -0.2) is 8.78 Å². The van der Waals surface area contributed by atoms with Crippen LogP contribution in [-0.4, -0.2) is 59.5 Å². The van der Waals surface area contributed by atoms with Gasteiger partial charge in [-0.05, 0) is 38.1 Å². The highest BCUT2D eigenvalue weighted by Crippen LogP contribution is 2.14. The van der Waals surface area contributed by atoms with Gasteiger partial charge < -0.3 is 19.6 Å². The minimum atomic E-state index is -0.955. The Morgan fingerprint density at radius 3 is 2.67 bits per heavy atom. The fourth-order valence-corrected chi connectivity index (χ4v) is 2.99. The lowest BCUT2D eigenvalue weighted by atomic mass is 10.1. The topological polar surface area (TPSA) is 78.7 Å². The first kappa shape index (κ1) is 19.0. The maximum absolute atomic E-state index is 14.0. The smallest absolute Gasteiger partial charge is 0.257 e. The number of amides is 2. The number of benzene rings is 1. The molecule has 1 aliphatic heterocycles. The number of halogens is 2. The standard InChI is InChI=1S/C18H20F2N4O3/c19-13-3-4-14(15(20)11-13)18(26)24(9-8-23-6-1-2-7-23)12-17(25)21-16-5-10-27-22-16/h3-5,10-11H,1-2,6-9,12H2,(H,21,22,25). The quantitative estimate of drug-likeness (QED) is 0.799. The molecule has 1 saturated heterocycles. The molecule has 0 radical (unpaired) electrons. The molecular formula is C18H20F2N4O3. The van der Waals surface area contributed by atoms with Crippen LogP contribution in [0.15, 0.2) is 35.1 Å². The summed E-state index contributed by atoms with van der Waals surface area (Å²) in [5.41, 5.74) is -0.271. The Morgan fingerprint density at radius 1 is 1.22 bits per heavy atom. The van der Waals surface area contributed by atoms with Crippen molar-refractivity contribution < 1.29 is 22.9 Å². The molecule has 0 saturated carbocycles. The summed E-state index contributed by atoms with van der Waals surface area (Å²) in [6, 6.07) is 4.23. The highest BCUT2D eigenvalue weighted by Gasteiger charge is 2.23. The van der Waals surface area contributed by atoms with Crippen LogP contribution in [0.25, 0.3) is 0 Å². The SMILES string of the molecule is O=C(CN(CCN1CCCC1)C(=O)c1ccc(F)cc1F)Nc1ccon1. The van der Waals surface area contributed by atoms with Gasteiger partial charge in [0.25, 0.3) is 5.91 Å². The predicted octanol–water partition coefficient (Wildman–Crippen LogP) is 2.13. The number of likely N-dealkylation sites (tertiary alicyclic amines) is 1. The van der Waals surface area contributed by atoms with Crippen LogP contribution >= 0.6 is 0 Å². The molecule has 0 atom stereocenters. The number of carbonyl (C=O) groups is 2. The van der Waals surface area contributed by atoms with Gasteiger partial charge in [-0.15, -0.1) is 0 Å². The molecule has 0 spiro atoms. The number of nitrogens with one attached hydrogen (secondary N) is 1. The lowest BCUT2D eigenvalue weighted by Gasteiger charge is -2.25. The molecule has 9 heteroatoms. The Bertz CT molecular complexity index is 792. The van der Waals surface area contributed by atoms with Crippen LogP contribution in [0.1, 0.15) is 23.2 Å². The number of rotatable bonds is 7. The van der Waals surface area contributed by atoms with Gasteiger partial charge in [-0.3, -0.25) is 9.59 Å². The first-order chi connectivity index (χ1) is 13.0. The summed E-state index contributed by atoms with van der Waals surface area (Å²) in [7, 11) is 0. The molecule has 1 aromatic carbocycles. The third-order valence-corrected chi connectivity index (χ3v) is 4.37. The Balaban J connectivity index is 1.71. The average Bonchev–Trinajstić information content (AvgIpc) is 3.32. The molecule has 2 amide bonds. The zero-order chi connectivity index (χ0) is 19.2. The largest absolute Gasteiger partial charge is 0.363 e. The van der Waals surface area contributed by atoms with Gasteiger partial charge >= 0.3 is 0 Å². The highest BCUT2D eigenvalue weighted by atomic mass is 19.1. The van der Waals surface area contributed by atoms with E-state index in [2.05, 4.69) is 19.9 Å². The molecule has 2 aromatic rings. The maximum Gasteiger partial charge on any atom is 0.257 e. The predicted molar refractivity (Wildman–Crippen MR) is 93.1 cm³/mol. The third kappa shape index (κ3) is 5.10. The molecule has 1 fully saturated rings. The maximum atomic E-state index is 14.0. The molecule has 1 aromatic heterocycles. The van der Waals surface area contributed by atoms with Crippen LogP contribution in [0.4, 0.5) is 14.6 Å². The van der Waals surface area contributed by atoms with Gasteiger partial charge in [0.05, 0.1) is 5.56 Å². The van der Waals surface area contributed by atoms with Gasteiger partial charge in [0.1, 0.15) is 24.4 Å². The molecule has 0 aliphatic carbocycles. The van der Waals surface area contributed by atoms with Gasteiger partial charge in [0, 0.05) is 25.2 Å². The Morgan fingerprint density at radius 2 is 2.00 bits per heavy atom. The van der Waals surface area contributed by atoms with E-state index in [-0.39, 0.29) is 24.5 Å². The molecule has 1 N–H and O–H groups in total. The molecule has 144 valence electrons. The van der Waals surface area contributed by atoms with Crippen LogP contribution in [0.3, 0.4) is 0 Å². The van der Waals surface area contributed by atoms with Gasteiger partial charge in [-0.1, -0.05) is 5.16 Å². The third-order valence-electron chi connectivity index (χ3n) is 4.37. The van der Waals surface area contributed by atoms with Crippen molar-refractivity contribution in [2.45, 2.75) is 12.8 Å². The van der Waals surface area contributed by atoms with E-state index in [9.17, 15) is 18.4 Å². The van der Waals surface area contributed by atoms with Crippen molar-refractivity contribution in [1.29, 1.82) is 0 Å². The zero-order valence-electron chi connectivity index (χ0n) is 14.7. The number of carbonyl (C=O) groups excluding carboxylic acids is 2. The second kappa shape index (κ2) is 8.72. The summed E-state index contributed by atoms with van der Waals surface area (Å²) in [6.07, 6.45) is 3.49. The van der Waals surface area contributed by atoms with Crippen molar-refractivity contribution in [2.75, 3.05) is 38.0 Å². The van der Waals surface area contributed by atoms with Crippen molar-refractivity contribution in [3.05, 3.63) is 47.7 Å². The first-order valence-electron chi connectivity index (χ1n) is 8.70. The van der Waals surface area contributed by atoms with E-state index in [4.69, 9.17) is 0 Å².